The summed E-state index contributed by atoms with van der Waals surface area (Å²) in [6, 6.07) is 0.295. The number of rotatable bonds is 11. The molecule has 0 radical (unpaired) electrons. The molecule has 1 rings (SSSR count). The van der Waals surface area contributed by atoms with Gasteiger partial charge in [-0.25, -0.2) is 0 Å². The fraction of sp³-hybridized carbons (Fsp3) is 0.842. The van der Waals surface area contributed by atoms with Gasteiger partial charge in [-0.15, -0.1) is 6.58 Å². The molecule has 134 valence electrons. The van der Waals surface area contributed by atoms with Crippen LogP contribution < -0.4 is 0 Å². The Hall–Kier alpha value is -0.870. The molecule has 0 aliphatic carbocycles. The molecule has 1 fully saturated rings. The van der Waals surface area contributed by atoms with Crippen molar-refractivity contribution < 1.29 is 9.84 Å². The van der Waals surface area contributed by atoms with E-state index in [0.717, 1.165) is 51.5 Å². The zero-order valence-corrected chi connectivity index (χ0v) is 15.5. The Morgan fingerprint density at radius 2 is 2.09 bits per heavy atom. The van der Waals surface area contributed by atoms with Gasteiger partial charge in [0.1, 0.15) is 0 Å². The molecule has 23 heavy (non-hydrogen) atoms. The lowest BCUT2D eigenvalue weighted by Gasteiger charge is -2.40. The molecule has 3 atom stereocenters. The average molecular weight is 325 g/mol. The third kappa shape index (κ3) is 5.05. The van der Waals surface area contributed by atoms with Crippen molar-refractivity contribution in [3.8, 4) is 0 Å². The van der Waals surface area contributed by atoms with Gasteiger partial charge in [0.2, 0.25) is 0 Å². The number of hydrogen-bond acceptors (Lipinski definition) is 4. The highest BCUT2D eigenvalue weighted by Gasteiger charge is 2.41. The first-order chi connectivity index (χ1) is 11.1. The van der Waals surface area contributed by atoms with Crippen LogP contribution in [0, 0.1) is 5.92 Å². The maximum absolute atomic E-state index is 10.4. The minimum Gasteiger partial charge on any atom is -0.387 e. The van der Waals surface area contributed by atoms with E-state index in [2.05, 4.69) is 37.5 Å². The highest BCUT2D eigenvalue weighted by Crippen LogP contribution is 2.34. The lowest BCUT2D eigenvalue weighted by Crippen LogP contribution is -2.48. The third-order valence-electron chi connectivity index (χ3n) is 5.44. The van der Waals surface area contributed by atoms with E-state index in [4.69, 9.17) is 4.74 Å². The van der Waals surface area contributed by atoms with Crippen LogP contribution in [0.25, 0.3) is 0 Å². The predicted octanol–water partition coefficient (Wildman–Crippen LogP) is 4.00. The number of hydrazone groups is 1. The van der Waals surface area contributed by atoms with E-state index in [1.165, 1.54) is 0 Å². The summed E-state index contributed by atoms with van der Waals surface area (Å²) in [4.78, 5) is 0. The molecule has 1 saturated heterocycles. The van der Waals surface area contributed by atoms with Crippen molar-refractivity contribution in [2.45, 2.75) is 83.5 Å². The largest absolute Gasteiger partial charge is 0.387 e. The Morgan fingerprint density at radius 3 is 2.61 bits per heavy atom. The number of aliphatic hydroxyl groups is 1. The molecule has 1 N–H and O–H groups in total. The lowest BCUT2D eigenvalue weighted by atomic mass is 9.87. The third-order valence-corrected chi connectivity index (χ3v) is 5.44. The van der Waals surface area contributed by atoms with Gasteiger partial charge >= 0.3 is 0 Å². The molecule has 0 unspecified atom stereocenters. The summed E-state index contributed by atoms with van der Waals surface area (Å²) in [7, 11) is 1.81. The van der Waals surface area contributed by atoms with Gasteiger partial charge in [-0.05, 0) is 32.1 Å². The Bertz CT molecular complexity index is 358. The number of nitrogens with zero attached hydrogens (tertiary/aromatic N) is 2. The van der Waals surface area contributed by atoms with Crippen LogP contribution in [0.5, 0.6) is 0 Å². The molecule has 0 bridgehead atoms. The summed E-state index contributed by atoms with van der Waals surface area (Å²) in [5, 5.41) is 17.1. The molecule has 0 aromatic heterocycles. The second-order valence-electron chi connectivity index (χ2n) is 6.59. The Balaban J connectivity index is 2.75. The van der Waals surface area contributed by atoms with Crippen LogP contribution in [-0.2, 0) is 4.74 Å². The highest BCUT2D eigenvalue weighted by atomic mass is 16.5. The zero-order valence-electron chi connectivity index (χ0n) is 15.5. The summed E-state index contributed by atoms with van der Waals surface area (Å²) in [6.45, 7) is 11.3. The van der Waals surface area contributed by atoms with Crippen molar-refractivity contribution in [2.75, 3.05) is 13.7 Å². The van der Waals surface area contributed by atoms with Crippen molar-refractivity contribution in [1.82, 2.24) is 5.01 Å². The quantitative estimate of drug-likeness (QED) is 0.461. The van der Waals surface area contributed by atoms with Gasteiger partial charge in [-0.2, -0.15) is 5.10 Å². The molecule has 0 saturated carbocycles. The Kier molecular flexibility index (Phi) is 8.85. The van der Waals surface area contributed by atoms with Crippen LogP contribution >= 0.6 is 0 Å². The summed E-state index contributed by atoms with van der Waals surface area (Å²) in [6.07, 6.45) is 10.4. The van der Waals surface area contributed by atoms with Crippen molar-refractivity contribution in [3.05, 3.63) is 12.7 Å². The predicted molar refractivity (Wildman–Crippen MR) is 97.8 cm³/mol. The standard InChI is InChI=1S/C19H36N2O2/c1-6-10-12-16(7-2)17(22)15-20-21-14-11-13-18(21)19(8-3,9-4)23-5/h7,15-18,22H,2,6,8-14H2,1,3-5H3/b20-15+/t16-,17-,18-/m0/s1. The van der Waals surface area contributed by atoms with Crippen LogP contribution in [-0.4, -0.2) is 47.7 Å². The Labute approximate surface area is 142 Å². The second kappa shape index (κ2) is 10.1. The highest BCUT2D eigenvalue weighted by molar-refractivity contribution is 5.63. The summed E-state index contributed by atoms with van der Waals surface area (Å²) in [5.41, 5.74) is -0.140. The van der Waals surface area contributed by atoms with E-state index in [9.17, 15) is 5.11 Å². The summed E-state index contributed by atoms with van der Waals surface area (Å²) >= 11 is 0. The SMILES string of the molecule is C=C[C@@H](CCCC)[C@@H](O)/C=N/N1CCC[C@H]1C(CC)(CC)OC. The van der Waals surface area contributed by atoms with Crippen molar-refractivity contribution in [3.63, 3.8) is 0 Å². The van der Waals surface area contributed by atoms with Crippen molar-refractivity contribution in [2.24, 2.45) is 11.0 Å². The van der Waals surface area contributed by atoms with Gasteiger partial charge in [-0.3, -0.25) is 5.01 Å². The van der Waals surface area contributed by atoms with Crippen LogP contribution in [0.1, 0.15) is 65.7 Å². The molecular formula is C19H36N2O2. The molecule has 0 aromatic rings. The first kappa shape index (κ1) is 20.2. The smallest absolute Gasteiger partial charge is 0.0971 e. The molecule has 1 aliphatic rings. The normalized spacial score (nSPS) is 21.8. The molecular weight excluding hydrogens is 288 g/mol. The Morgan fingerprint density at radius 1 is 1.39 bits per heavy atom. The number of hydrogen-bond donors (Lipinski definition) is 1. The van der Waals surface area contributed by atoms with Crippen LogP contribution in [0.3, 0.4) is 0 Å². The maximum atomic E-state index is 10.4. The first-order valence-corrected chi connectivity index (χ1v) is 9.25. The molecule has 1 aliphatic heterocycles. The van der Waals surface area contributed by atoms with Crippen molar-refractivity contribution in [1.29, 1.82) is 0 Å². The van der Waals surface area contributed by atoms with Crippen LogP contribution in [0.2, 0.25) is 0 Å². The topological polar surface area (TPSA) is 45.1 Å². The number of aliphatic hydroxyl groups excluding tert-OH is 1. The molecule has 4 nitrogen and oxygen atoms in total. The number of unbranched alkanes of at least 4 members (excludes halogenated alkanes) is 1. The van der Waals surface area contributed by atoms with Gasteiger partial charge in [0, 0.05) is 19.6 Å². The van der Waals surface area contributed by atoms with E-state index < -0.39 is 6.10 Å². The molecule has 1 heterocycles. The van der Waals surface area contributed by atoms with E-state index in [0.29, 0.717) is 6.04 Å². The fourth-order valence-electron chi connectivity index (χ4n) is 3.70. The van der Waals surface area contributed by atoms with Gasteiger partial charge < -0.3 is 9.84 Å². The van der Waals surface area contributed by atoms with E-state index in [1.807, 2.05) is 6.08 Å². The van der Waals surface area contributed by atoms with E-state index in [-0.39, 0.29) is 11.5 Å². The number of ether oxygens (including phenoxy) is 1. The monoisotopic (exact) mass is 324 g/mol. The van der Waals surface area contributed by atoms with Crippen LogP contribution in [0.15, 0.2) is 17.8 Å². The van der Waals surface area contributed by atoms with Gasteiger partial charge in [-0.1, -0.05) is 39.7 Å². The molecule has 0 aromatic carbocycles. The molecule has 4 heteroatoms. The van der Waals surface area contributed by atoms with Gasteiger partial charge in [0.05, 0.1) is 24.0 Å². The van der Waals surface area contributed by atoms with Crippen LogP contribution in [0.4, 0.5) is 0 Å². The number of methoxy groups -OCH3 is 1. The second-order valence-corrected chi connectivity index (χ2v) is 6.59. The van der Waals surface area contributed by atoms with Gasteiger partial charge in [0.15, 0.2) is 0 Å². The average Bonchev–Trinajstić information content (AvgIpc) is 3.05. The van der Waals surface area contributed by atoms with Gasteiger partial charge in [0.25, 0.3) is 0 Å². The summed E-state index contributed by atoms with van der Waals surface area (Å²) < 4.78 is 5.88. The van der Waals surface area contributed by atoms with Crippen molar-refractivity contribution >= 4 is 6.21 Å². The minimum atomic E-state index is -0.555. The van der Waals surface area contributed by atoms with E-state index in [1.54, 1.807) is 13.3 Å². The summed E-state index contributed by atoms with van der Waals surface area (Å²) in [5.74, 6) is 0.0873. The molecule has 0 amide bonds. The zero-order chi connectivity index (χ0) is 17.3. The maximum Gasteiger partial charge on any atom is 0.0971 e. The fourth-order valence-corrected chi connectivity index (χ4v) is 3.70. The molecule has 0 spiro atoms. The van der Waals surface area contributed by atoms with E-state index >= 15 is 0 Å². The minimum absolute atomic E-state index is 0.0873. The first-order valence-electron chi connectivity index (χ1n) is 9.25. The lowest BCUT2D eigenvalue weighted by molar-refractivity contribution is -0.0732.